The van der Waals surface area contributed by atoms with Gasteiger partial charge in [-0.25, -0.2) is 0 Å². The fourth-order valence-corrected chi connectivity index (χ4v) is 1.90. The summed E-state index contributed by atoms with van der Waals surface area (Å²) in [7, 11) is 1.35. The minimum atomic E-state index is -0.263. The Labute approximate surface area is 115 Å². The molecule has 0 saturated heterocycles. The summed E-state index contributed by atoms with van der Waals surface area (Å²) in [5.74, 6) is -0.406. The van der Waals surface area contributed by atoms with Crippen molar-refractivity contribution in [2.45, 2.75) is 19.8 Å². The van der Waals surface area contributed by atoms with Gasteiger partial charge in [-0.3, -0.25) is 9.59 Å². The Morgan fingerprint density at radius 1 is 1.39 bits per heavy atom. The van der Waals surface area contributed by atoms with E-state index < -0.39 is 0 Å². The predicted molar refractivity (Wildman–Crippen MR) is 72.5 cm³/mol. The van der Waals surface area contributed by atoms with Gasteiger partial charge in [-0.15, -0.1) is 0 Å². The molecule has 0 spiro atoms. The lowest BCUT2D eigenvalue weighted by Crippen LogP contribution is -2.25. The van der Waals surface area contributed by atoms with Gasteiger partial charge in [0, 0.05) is 17.4 Å². The fraction of sp³-hybridized carbons (Fsp3) is 0.385. The summed E-state index contributed by atoms with van der Waals surface area (Å²) in [5, 5.41) is 2.77. The second-order valence-electron chi connectivity index (χ2n) is 3.87. The molecule has 4 nitrogen and oxygen atoms in total. The van der Waals surface area contributed by atoms with Gasteiger partial charge in [-0.2, -0.15) is 0 Å². The molecule has 0 aliphatic carbocycles. The number of methoxy groups -OCH3 is 1. The molecule has 0 saturated carbocycles. The van der Waals surface area contributed by atoms with Gasteiger partial charge in [0.05, 0.1) is 12.7 Å². The van der Waals surface area contributed by atoms with Crippen molar-refractivity contribution in [2.75, 3.05) is 13.7 Å². The smallest absolute Gasteiger partial charge is 0.305 e. The van der Waals surface area contributed by atoms with E-state index in [1.165, 1.54) is 7.11 Å². The van der Waals surface area contributed by atoms with Crippen LogP contribution in [0, 0.1) is 6.92 Å². The van der Waals surface area contributed by atoms with Crippen LogP contribution in [-0.2, 0) is 9.53 Å². The molecule has 5 heteroatoms. The number of carbonyl (C=O) groups excluding carboxylic acids is 2. The van der Waals surface area contributed by atoms with E-state index in [1.54, 1.807) is 6.07 Å². The van der Waals surface area contributed by atoms with E-state index in [-0.39, 0.29) is 11.9 Å². The van der Waals surface area contributed by atoms with Gasteiger partial charge in [0.15, 0.2) is 0 Å². The Morgan fingerprint density at radius 3 is 2.78 bits per heavy atom. The molecular weight excluding hydrogens is 298 g/mol. The number of ether oxygens (including phenoxy) is 1. The van der Waals surface area contributed by atoms with E-state index in [9.17, 15) is 9.59 Å². The van der Waals surface area contributed by atoms with Crippen LogP contribution in [0.15, 0.2) is 22.7 Å². The van der Waals surface area contributed by atoms with Crippen LogP contribution >= 0.6 is 15.9 Å². The molecule has 1 amide bonds. The monoisotopic (exact) mass is 313 g/mol. The molecule has 0 aliphatic rings. The first-order chi connectivity index (χ1) is 8.56. The first-order valence-electron chi connectivity index (χ1n) is 5.66. The maximum absolute atomic E-state index is 11.9. The van der Waals surface area contributed by atoms with Crippen LogP contribution in [0.1, 0.15) is 28.8 Å². The fourth-order valence-electron chi connectivity index (χ4n) is 1.45. The highest BCUT2D eigenvalue weighted by Crippen LogP contribution is 2.20. The van der Waals surface area contributed by atoms with Crippen LogP contribution in [0.4, 0.5) is 0 Å². The molecule has 1 N–H and O–H groups in total. The molecule has 0 aliphatic heterocycles. The largest absolute Gasteiger partial charge is 0.469 e. The Kier molecular flexibility index (Phi) is 5.85. The normalized spacial score (nSPS) is 9.94. The van der Waals surface area contributed by atoms with Crippen molar-refractivity contribution >= 4 is 27.8 Å². The van der Waals surface area contributed by atoms with Crippen molar-refractivity contribution < 1.29 is 14.3 Å². The highest BCUT2D eigenvalue weighted by molar-refractivity contribution is 9.10. The molecule has 0 aromatic heterocycles. The number of aryl methyl sites for hydroxylation is 1. The quantitative estimate of drug-likeness (QED) is 0.671. The second-order valence-corrected chi connectivity index (χ2v) is 4.67. The molecule has 0 fully saturated rings. The van der Waals surface area contributed by atoms with Crippen LogP contribution in [0.3, 0.4) is 0 Å². The van der Waals surface area contributed by atoms with Crippen molar-refractivity contribution in [3.8, 4) is 0 Å². The van der Waals surface area contributed by atoms with Gasteiger partial charge < -0.3 is 10.1 Å². The van der Waals surface area contributed by atoms with Crippen LogP contribution in [0.25, 0.3) is 0 Å². The van der Waals surface area contributed by atoms with Gasteiger partial charge in [-0.05, 0) is 40.9 Å². The molecular formula is C13H16BrNO3. The Bertz CT molecular complexity index is 446. The maximum atomic E-state index is 11.9. The summed E-state index contributed by atoms with van der Waals surface area (Å²) >= 11 is 3.39. The van der Waals surface area contributed by atoms with Gasteiger partial charge >= 0.3 is 5.97 Å². The third-order valence-corrected chi connectivity index (χ3v) is 3.56. The van der Waals surface area contributed by atoms with Crippen molar-refractivity contribution in [2.24, 2.45) is 0 Å². The average molecular weight is 314 g/mol. The van der Waals surface area contributed by atoms with Crippen LogP contribution in [0.5, 0.6) is 0 Å². The highest BCUT2D eigenvalue weighted by Gasteiger charge is 2.10. The first kappa shape index (κ1) is 14.7. The molecule has 98 valence electrons. The molecule has 0 unspecified atom stereocenters. The van der Waals surface area contributed by atoms with Crippen molar-refractivity contribution in [3.05, 3.63) is 33.8 Å². The lowest BCUT2D eigenvalue weighted by molar-refractivity contribution is -0.140. The summed E-state index contributed by atoms with van der Waals surface area (Å²) in [6.45, 7) is 2.38. The van der Waals surface area contributed by atoms with Crippen molar-refractivity contribution in [1.29, 1.82) is 0 Å². The number of rotatable bonds is 5. The topological polar surface area (TPSA) is 55.4 Å². The molecule has 1 rings (SSSR count). The predicted octanol–water partition coefficient (Wildman–Crippen LogP) is 2.44. The zero-order valence-corrected chi connectivity index (χ0v) is 12.0. The molecule has 1 aromatic rings. The van der Waals surface area contributed by atoms with Gasteiger partial charge in [0.1, 0.15) is 0 Å². The SMILES string of the molecule is COC(=O)CCCNC(=O)c1cccc(C)c1Br. The van der Waals surface area contributed by atoms with Crippen LogP contribution < -0.4 is 5.32 Å². The molecule has 18 heavy (non-hydrogen) atoms. The molecule has 0 heterocycles. The zero-order valence-electron chi connectivity index (χ0n) is 10.5. The average Bonchev–Trinajstić information content (AvgIpc) is 2.37. The van der Waals surface area contributed by atoms with E-state index in [1.807, 2.05) is 19.1 Å². The second kappa shape index (κ2) is 7.16. The summed E-state index contributed by atoms with van der Waals surface area (Å²) in [6, 6.07) is 5.52. The third-order valence-electron chi connectivity index (χ3n) is 2.51. The van der Waals surface area contributed by atoms with E-state index in [4.69, 9.17) is 0 Å². The lowest BCUT2D eigenvalue weighted by atomic mass is 10.1. The standard InChI is InChI=1S/C13H16BrNO3/c1-9-5-3-6-10(12(9)14)13(17)15-8-4-7-11(16)18-2/h3,5-6H,4,7-8H2,1-2H3,(H,15,17). The minimum absolute atomic E-state index is 0.143. The van der Waals surface area contributed by atoms with Gasteiger partial charge in [0.25, 0.3) is 5.91 Å². The molecule has 0 bridgehead atoms. The van der Waals surface area contributed by atoms with Gasteiger partial charge in [-0.1, -0.05) is 12.1 Å². The van der Waals surface area contributed by atoms with E-state index >= 15 is 0 Å². The van der Waals surface area contributed by atoms with E-state index in [2.05, 4.69) is 26.0 Å². The zero-order chi connectivity index (χ0) is 13.5. The van der Waals surface area contributed by atoms with E-state index in [0.29, 0.717) is 24.9 Å². The number of benzene rings is 1. The molecule has 0 radical (unpaired) electrons. The number of hydrogen-bond donors (Lipinski definition) is 1. The van der Waals surface area contributed by atoms with Crippen LogP contribution in [0.2, 0.25) is 0 Å². The number of carbonyl (C=O) groups is 2. The van der Waals surface area contributed by atoms with Crippen LogP contribution in [-0.4, -0.2) is 25.5 Å². The number of hydrogen-bond acceptors (Lipinski definition) is 3. The van der Waals surface area contributed by atoms with Crippen molar-refractivity contribution in [1.82, 2.24) is 5.32 Å². The number of amides is 1. The highest BCUT2D eigenvalue weighted by atomic mass is 79.9. The Hall–Kier alpha value is -1.36. The Morgan fingerprint density at radius 2 is 2.11 bits per heavy atom. The summed E-state index contributed by atoms with van der Waals surface area (Å²) in [5.41, 5.74) is 1.62. The maximum Gasteiger partial charge on any atom is 0.305 e. The molecule has 1 aromatic carbocycles. The summed E-state index contributed by atoms with van der Waals surface area (Å²) < 4.78 is 5.32. The molecule has 0 atom stereocenters. The third kappa shape index (κ3) is 4.14. The lowest BCUT2D eigenvalue weighted by Gasteiger charge is -2.08. The first-order valence-corrected chi connectivity index (χ1v) is 6.45. The van der Waals surface area contributed by atoms with Gasteiger partial charge in [0.2, 0.25) is 0 Å². The Balaban J connectivity index is 2.46. The summed E-state index contributed by atoms with van der Waals surface area (Å²) in [4.78, 5) is 22.8. The number of esters is 1. The summed E-state index contributed by atoms with van der Waals surface area (Å²) in [6.07, 6.45) is 0.883. The number of nitrogens with one attached hydrogen (secondary N) is 1. The van der Waals surface area contributed by atoms with E-state index in [0.717, 1.165) is 10.0 Å². The number of halogens is 1. The van der Waals surface area contributed by atoms with Crippen molar-refractivity contribution in [3.63, 3.8) is 0 Å². The minimum Gasteiger partial charge on any atom is -0.469 e.